The predicted octanol–water partition coefficient (Wildman–Crippen LogP) is 2.76. The molecule has 1 heterocycles. The van der Waals surface area contributed by atoms with E-state index in [1.165, 1.54) is 6.07 Å². The van der Waals surface area contributed by atoms with Gasteiger partial charge in [-0.15, -0.1) is 0 Å². The van der Waals surface area contributed by atoms with Crippen molar-refractivity contribution in [3.05, 3.63) is 53.7 Å². The van der Waals surface area contributed by atoms with Gasteiger partial charge in [0.25, 0.3) is 10.0 Å². The number of nitriles is 1. The summed E-state index contributed by atoms with van der Waals surface area (Å²) in [6, 6.07) is 11.0. The fourth-order valence-corrected chi connectivity index (χ4v) is 4.08. The number of nitrogens with two attached hydrogens (primary N) is 1. The molecule has 1 amide bonds. The maximum Gasteiger partial charge on any atom is 0.255 e. The van der Waals surface area contributed by atoms with Crippen LogP contribution in [0, 0.1) is 17.2 Å². The minimum absolute atomic E-state index is 0.0442. The van der Waals surface area contributed by atoms with E-state index >= 15 is 0 Å². The zero-order valence-electron chi connectivity index (χ0n) is 15.2. The molecule has 7 nitrogen and oxygen atoms in total. The van der Waals surface area contributed by atoms with Crippen molar-refractivity contribution in [2.75, 3.05) is 5.32 Å². The minimum atomic E-state index is -4.09. The first-order valence-electron chi connectivity index (χ1n) is 8.77. The molecule has 0 aliphatic heterocycles. The van der Waals surface area contributed by atoms with Crippen LogP contribution in [-0.4, -0.2) is 25.2 Å². The minimum Gasteiger partial charge on any atom is -0.326 e. The van der Waals surface area contributed by atoms with Crippen molar-refractivity contribution >= 4 is 21.6 Å². The first-order chi connectivity index (χ1) is 13.6. The van der Waals surface area contributed by atoms with Crippen molar-refractivity contribution in [2.24, 2.45) is 11.1 Å². The Balaban J connectivity index is 1.92. The van der Waals surface area contributed by atoms with Crippen molar-refractivity contribution < 1.29 is 22.0 Å². The Bertz CT molecular complexity index is 1080. The van der Waals surface area contributed by atoms with Crippen LogP contribution in [0.4, 0.5) is 14.5 Å². The van der Waals surface area contributed by atoms with Gasteiger partial charge >= 0.3 is 0 Å². The fourth-order valence-electron chi connectivity index (χ4n) is 3.58. The Hall–Kier alpha value is -2.90. The number of amides is 1. The summed E-state index contributed by atoms with van der Waals surface area (Å²) >= 11 is 0. The van der Waals surface area contributed by atoms with Crippen LogP contribution in [0.2, 0.25) is 0 Å². The lowest BCUT2D eigenvalue weighted by molar-refractivity contribution is -0.128. The molecule has 29 heavy (non-hydrogen) atoms. The number of nitrogens with zero attached hydrogens (tertiary/aromatic N) is 2. The number of nitrogens with one attached hydrogen (secondary N) is 1. The average Bonchev–Trinajstić information content (AvgIpc) is 2.67. The van der Waals surface area contributed by atoms with Crippen LogP contribution < -0.4 is 10.5 Å². The van der Waals surface area contributed by atoms with E-state index in [4.69, 9.17) is 5.14 Å². The van der Waals surface area contributed by atoms with Gasteiger partial charge in [0, 0.05) is 30.8 Å². The average molecular weight is 420 g/mol. The van der Waals surface area contributed by atoms with Gasteiger partial charge in [-0.1, -0.05) is 18.2 Å². The summed E-state index contributed by atoms with van der Waals surface area (Å²) in [7, 11) is -4.09. The number of primary sulfonamides is 1. The van der Waals surface area contributed by atoms with Gasteiger partial charge in [0.15, 0.2) is 5.03 Å². The highest BCUT2D eigenvalue weighted by atomic mass is 32.2. The van der Waals surface area contributed by atoms with Gasteiger partial charge in [-0.05, 0) is 30.0 Å². The number of hydrogen-bond acceptors (Lipinski definition) is 5. The molecule has 2 aromatic rings. The van der Waals surface area contributed by atoms with Gasteiger partial charge in [-0.2, -0.15) is 5.26 Å². The summed E-state index contributed by atoms with van der Waals surface area (Å²) in [4.78, 5) is 16.5. The molecule has 0 radical (unpaired) electrons. The molecule has 3 N–H and O–H groups in total. The number of halogens is 2. The molecule has 1 unspecified atom stereocenters. The van der Waals surface area contributed by atoms with Crippen molar-refractivity contribution in [2.45, 2.75) is 36.1 Å². The first-order valence-corrected chi connectivity index (χ1v) is 10.3. The van der Waals surface area contributed by atoms with Gasteiger partial charge in [0.2, 0.25) is 11.8 Å². The van der Waals surface area contributed by atoms with Crippen molar-refractivity contribution in [1.29, 1.82) is 5.26 Å². The third-order valence-corrected chi connectivity index (χ3v) is 5.74. The summed E-state index contributed by atoms with van der Waals surface area (Å²) in [6.07, 6.45) is 0.137. The van der Waals surface area contributed by atoms with E-state index in [0.29, 0.717) is 11.1 Å². The van der Waals surface area contributed by atoms with Crippen LogP contribution in [-0.2, 0) is 14.8 Å². The van der Waals surface area contributed by atoms with E-state index in [2.05, 4.69) is 10.3 Å². The number of benzene rings is 1. The Morgan fingerprint density at radius 1 is 1.31 bits per heavy atom. The fraction of sp³-hybridized carbons (Fsp3) is 0.316. The maximum absolute atomic E-state index is 14.1. The predicted molar refractivity (Wildman–Crippen MR) is 100 cm³/mol. The second kappa shape index (κ2) is 7.85. The topological polar surface area (TPSA) is 126 Å². The second-order valence-corrected chi connectivity index (χ2v) is 8.44. The molecule has 1 aliphatic rings. The maximum atomic E-state index is 14.1. The van der Waals surface area contributed by atoms with Gasteiger partial charge < -0.3 is 5.32 Å². The lowest BCUT2D eigenvalue weighted by atomic mass is 9.72. The number of hydrogen-bond donors (Lipinski definition) is 2. The number of aromatic nitrogens is 1. The SMILES string of the molecule is N#Cc1ccccc1[C@@H]1CCC(F)(F)CC1C(=O)Nc1ccnc(S(N)(=O)=O)c1. The van der Waals surface area contributed by atoms with Gasteiger partial charge in [0.1, 0.15) is 0 Å². The van der Waals surface area contributed by atoms with Gasteiger partial charge in [-0.25, -0.2) is 27.3 Å². The molecule has 2 atom stereocenters. The largest absolute Gasteiger partial charge is 0.326 e. The molecule has 0 bridgehead atoms. The molecule has 1 fully saturated rings. The van der Waals surface area contributed by atoms with E-state index in [1.54, 1.807) is 24.3 Å². The Kier molecular flexibility index (Phi) is 5.64. The Morgan fingerprint density at radius 3 is 2.72 bits per heavy atom. The third-order valence-electron chi connectivity index (χ3n) is 4.94. The van der Waals surface area contributed by atoms with Crippen LogP contribution in [0.5, 0.6) is 0 Å². The lowest BCUT2D eigenvalue weighted by Crippen LogP contribution is -2.38. The number of alkyl halides is 2. The molecule has 1 aromatic carbocycles. The molecule has 0 saturated heterocycles. The Morgan fingerprint density at radius 2 is 2.03 bits per heavy atom. The van der Waals surface area contributed by atoms with Gasteiger partial charge in [0.05, 0.1) is 17.6 Å². The van der Waals surface area contributed by atoms with Crippen LogP contribution in [0.1, 0.15) is 36.3 Å². The number of rotatable bonds is 4. The highest BCUT2D eigenvalue weighted by Gasteiger charge is 2.45. The van der Waals surface area contributed by atoms with E-state index in [0.717, 1.165) is 12.3 Å². The van der Waals surface area contributed by atoms with Crippen molar-refractivity contribution in [1.82, 2.24) is 4.98 Å². The highest BCUT2D eigenvalue weighted by Crippen LogP contribution is 2.46. The zero-order chi connectivity index (χ0) is 21.2. The summed E-state index contributed by atoms with van der Waals surface area (Å²) in [5.74, 6) is -5.36. The van der Waals surface area contributed by atoms with E-state index in [1.807, 2.05) is 6.07 Å². The van der Waals surface area contributed by atoms with Crippen molar-refractivity contribution in [3.63, 3.8) is 0 Å². The number of carbonyl (C=O) groups is 1. The molecular formula is C19H18F2N4O3S. The van der Waals surface area contributed by atoms with E-state index < -0.39 is 45.1 Å². The monoisotopic (exact) mass is 420 g/mol. The summed E-state index contributed by atoms with van der Waals surface area (Å²) in [5.41, 5.74) is 0.960. The normalized spacial score (nSPS) is 21.2. The Labute approximate surface area is 166 Å². The van der Waals surface area contributed by atoms with E-state index in [9.17, 15) is 27.3 Å². The van der Waals surface area contributed by atoms with Crippen molar-refractivity contribution in [3.8, 4) is 6.07 Å². The molecule has 1 aromatic heterocycles. The van der Waals surface area contributed by atoms with Crippen LogP contribution >= 0.6 is 0 Å². The number of sulfonamides is 1. The standard InChI is InChI=1S/C19H18F2N4O3S/c20-19(21)7-5-15(14-4-2-1-3-12(14)11-22)16(10-19)18(26)25-13-6-8-24-17(9-13)29(23,27)28/h1-4,6,8-9,15-16H,5,7,10H2,(H2,23,27,28)(H,24,25,26)/t15-,16?/m0/s1. The quantitative estimate of drug-likeness (QED) is 0.787. The summed E-state index contributed by atoms with van der Waals surface area (Å²) in [5, 5.41) is 16.4. The first kappa shape index (κ1) is 20.8. The second-order valence-electron chi connectivity index (χ2n) is 6.93. The van der Waals surface area contributed by atoms with Crippen LogP contribution in [0.25, 0.3) is 0 Å². The molecular weight excluding hydrogens is 402 g/mol. The lowest BCUT2D eigenvalue weighted by Gasteiger charge is -2.35. The molecule has 3 rings (SSSR count). The molecule has 1 saturated carbocycles. The highest BCUT2D eigenvalue weighted by molar-refractivity contribution is 7.89. The third kappa shape index (κ3) is 4.75. The molecule has 0 spiro atoms. The number of carbonyl (C=O) groups excluding carboxylic acids is 1. The molecule has 1 aliphatic carbocycles. The summed E-state index contributed by atoms with van der Waals surface area (Å²) < 4.78 is 51.1. The molecule has 10 heteroatoms. The number of anilines is 1. The van der Waals surface area contributed by atoms with Crippen LogP contribution in [0.3, 0.4) is 0 Å². The summed E-state index contributed by atoms with van der Waals surface area (Å²) in [6.45, 7) is 0. The van der Waals surface area contributed by atoms with E-state index in [-0.39, 0.29) is 18.5 Å². The molecule has 152 valence electrons. The zero-order valence-corrected chi connectivity index (χ0v) is 16.0. The van der Waals surface area contributed by atoms with Gasteiger partial charge in [-0.3, -0.25) is 4.79 Å². The smallest absolute Gasteiger partial charge is 0.255 e. The number of pyridine rings is 1. The van der Waals surface area contributed by atoms with Crippen LogP contribution in [0.15, 0.2) is 47.6 Å².